The lowest BCUT2D eigenvalue weighted by Crippen LogP contribution is -1.97. The van der Waals surface area contributed by atoms with Gasteiger partial charge in [0.2, 0.25) is 0 Å². The van der Waals surface area contributed by atoms with Gasteiger partial charge < -0.3 is 18.9 Å². The minimum absolute atomic E-state index is 0.0366. The van der Waals surface area contributed by atoms with Gasteiger partial charge in [0, 0.05) is 11.3 Å². The lowest BCUT2D eigenvalue weighted by molar-refractivity contribution is -0.111. The first-order valence-corrected chi connectivity index (χ1v) is 9.62. The zero-order valence-electron chi connectivity index (χ0n) is 16.3. The van der Waals surface area contributed by atoms with Crippen LogP contribution in [0.4, 0.5) is 0 Å². The van der Waals surface area contributed by atoms with E-state index in [9.17, 15) is 4.79 Å². The Kier molecular flexibility index (Phi) is 6.31. The molecule has 0 aromatic heterocycles. The van der Waals surface area contributed by atoms with Gasteiger partial charge >= 0.3 is 0 Å². The molecule has 1 heterocycles. The number of ether oxygens (including phenoxy) is 4. The van der Waals surface area contributed by atoms with Crippen LogP contribution in [0.1, 0.15) is 11.1 Å². The molecule has 1 saturated heterocycles. The summed E-state index contributed by atoms with van der Waals surface area (Å²) in [5.74, 6) is 3.25. The van der Waals surface area contributed by atoms with Gasteiger partial charge in [0.25, 0.3) is 0 Å². The lowest BCUT2D eigenvalue weighted by Gasteiger charge is -2.08. The first-order chi connectivity index (χ1) is 13.6. The number of Topliss-reactive ketones (excluding diaryl/α,β-unsaturated/α-hetero) is 1. The first-order valence-electron chi connectivity index (χ1n) is 8.63. The van der Waals surface area contributed by atoms with Crippen molar-refractivity contribution in [2.75, 3.05) is 34.2 Å². The number of rotatable bonds is 6. The number of ketones is 1. The monoisotopic (exact) mass is 398 g/mol. The molecule has 0 unspecified atom stereocenters. The summed E-state index contributed by atoms with van der Waals surface area (Å²) >= 11 is 1.53. The van der Waals surface area contributed by atoms with Crippen LogP contribution in [0, 0.1) is 0 Å². The maximum atomic E-state index is 12.8. The number of hydrogen-bond acceptors (Lipinski definition) is 6. The van der Waals surface area contributed by atoms with E-state index in [2.05, 4.69) is 0 Å². The van der Waals surface area contributed by atoms with Crippen LogP contribution < -0.4 is 18.9 Å². The van der Waals surface area contributed by atoms with E-state index >= 15 is 0 Å². The highest BCUT2D eigenvalue weighted by molar-refractivity contribution is 8.05. The van der Waals surface area contributed by atoms with E-state index in [4.69, 9.17) is 18.9 Å². The molecule has 0 saturated carbocycles. The van der Waals surface area contributed by atoms with Gasteiger partial charge in [-0.25, -0.2) is 0 Å². The molecule has 1 aliphatic rings. The fraction of sp³-hybridized carbons (Fsp3) is 0.227. The van der Waals surface area contributed by atoms with Gasteiger partial charge in [-0.3, -0.25) is 4.79 Å². The molecule has 146 valence electrons. The molecular weight excluding hydrogens is 376 g/mol. The average molecular weight is 398 g/mol. The van der Waals surface area contributed by atoms with E-state index in [1.807, 2.05) is 48.6 Å². The van der Waals surface area contributed by atoms with Crippen LogP contribution in [0.3, 0.4) is 0 Å². The van der Waals surface area contributed by atoms with Gasteiger partial charge in [-0.15, -0.1) is 11.8 Å². The molecule has 2 aromatic rings. The number of thioether (sulfide) groups is 1. The van der Waals surface area contributed by atoms with E-state index in [1.165, 1.54) is 11.8 Å². The van der Waals surface area contributed by atoms with Crippen LogP contribution in [0.2, 0.25) is 0 Å². The Bertz CT molecular complexity index is 870. The summed E-state index contributed by atoms with van der Waals surface area (Å²) in [7, 11) is 6.37. The molecule has 0 amide bonds. The van der Waals surface area contributed by atoms with E-state index < -0.39 is 0 Å². The van der Waals surface area contributed by atoms with Crippen molar-refractivity contribution >= 4 is 29.7 Å². The van der Waals surface area contributed by atoms with Crippen LogP contribution in [0.5, 0.6) is 23.0 Å². The van der Waals surface area contributed by atoms with Crippen molar-refractivity contribution < 1.29 is 23.7 Å². The minimum Gasteiger partial charge on any atom is -0.493 e. The van der Waals surface area contributed by atoms with Crippen molar-refractivity contribution in [2.45, 2.75) is 0 Å². The Labute approximate surface area is 168 Å². The van der Waals surface area contributed by atoms with E-state index in [1.54, 1.807) is 28.4 Å². The van der Waals surface area contributed by atoms with Gasteiger partial charge in [-0.05, 0) is 47.5 Å². The standard InChI is InChI=1S/C22H22O5S/c1-24-17-7-5-14(10-19(17)26-3)9-16-13-28-21(22(16)23)12-15-6-8-18(25-2)20(11-15)27-4/h5-12H,13H2,1-4H3/b16-9+,21-12-. The molecule has 0 aliphatic carbocycles. The van der Waals surface area contributed by atoms with Crippen LogP contribution in [-0.2, 0) is 4.79 Å². The molecular formula is C22H22O5S. The molecule has 3 rings (SSSR count). The number of allylic oxidation sites excluding steroid dienone is 1. The third-order valence-corrected chi connectivity index (χ3v) is 5.42. The second-order valence-corrected chi connectivity index (χ2v) is 7.04. The first kappa shape index (κ1) is 19.9. The number of hydrogen-bond donors (Lipinski definition) is 0. The van der Waals surface area contributed by atoms with Crippen LogP contribution >= 0.6 is 11.8 Å². The molecule has 5 nitrogen and oxygen atoms in total. The highest BCUT2D eigenvalue weighted by Crippen LogP contribution is 2.36. The molecule has 0 radical (unpaired) electrons. The molecule has 2 aromatic carbocycles. The van der Waals surface area contributed by atoms with Crippen molar-refractivity contribution in [3.8, 4) is 23.0 Å². The summed E-state index contributed by atoms with van der Waals surface area (Å²) < 4.78 is 21.2. The summed E-state index contributed by atoms with van der Waals surface area (Å²) in [6.07, 6.45) is 3.77. The number of carbonyl (C=O) groups excluding carboxylic acids is 1. The quantitative estimate of drug-likeness (QED) is 0.670. The topological polar surface area (TPSA) is 54.0 Å². The molecule has 28 heavy (non-hydrogen) atoms. The van der Waals surface area contributed by atoms with Gasteiger partial charge in [-0.2, -0.15) is 0 Å². The fourth-order valence-corrected chi connectivity index (χ4v) is 3.90. The van der Waals surface area contributed by atoms with Crippen molar-refractivity contribution in [3.05, 3.63) is 58.0 Å². The van der Waals surface area contributed by atoms with Crippen molar-refractivity contribution in [3.63, 3.8) is 0 Å². The molecule has 1 fully saturated rings. The van der Waals surface area contributed by atoms with Crippen LogP contribution in [0.25, 0.3) is 12.2 Å². The van der Waals surface area contributed by atoms with Crippen LogP contribution in [0.15, 0.2) is 46.9 Å². The average Bonchev–Trinajstić information content (AvgIpc) is 3.07. The normalized spacial score (nSPS) is 16.5. The van der Waals surface area contributed by atoms with Gasteiger partial charge in [0.05, 0.1) is 33.3 Å². The highest BCUT2D eigenvalue weighted by Gasteiger charge is 2.24. The second-order valence-electron chi connectivity index (χ2n) is 6.02. The molecule has 6 heteroatoms. The third-order valence-electron chi connectivity index (χ3n) is 4.35. The van der Waals surface area contributed by atoms with Gasteiger partial charge in [-0.1, -0.05) is 12.1 Å². The number of benzene rings is 2. The number of methoxy groups -OCH3 is 4. The summed E-state index contributed by atoms with van der Waals surface area (Å²) in [5.41, 5.74) is 2.54. The lowest BCUT2D eigenvalue weighted by atomic mass is 10.1. The predicted octanol–water partition coefficient (Wildman–Crippen LogP) is 4.46. The highest BCUT2D eigenvalue weighted by atomic mass is 32.2. The third kappa shape index (κ3) is 4.17. The zero-order chi connectivity index (χ0) is 20.1. The van der Waals surface area contributed by atoms with E-state index in [0.717, 1.165) is 16.7 Å². The number of carbonyl (C=O) groups is 1. The summed E-state index contributed by atoms with van der Waals surface area (Å²) in [5, 5.41) is 0. The SMILES string of the molecule is COc1ccc(/C=C2\CS/C(=C\c3ccc(OC)c(OC)c3)C2=O)cc1OC. The van der Waals surface area contributed by atoms with Gasteiger partial charge in [0.1, 0.15) is 0 Å². The maximum Gasteiger partial charge on any atom is 0.196 e. The summed E-state index contributed by atoms with van der Waals surface area (Å²) in [4.78, 5) is 13.5. The Morgan fingerprint density at radius 3 is 1.75 bits per heavy atom. The Morgan fingerprint density at radius 1 is 0.750 bits per heavy atom. The summed E-state index contributed by atoms with van der Waals surface area (Å²) in [6.45, 7) is 0. The largest absolute Gasteiger partial charge is 0.493 e. The van der Waals surface area contributed by atoms with Crippen molar-refractivity contribution in [1.82, 2.24) is 0 Å². The smallest absolute Gasteiger partial charge is 0.196 e. The summed E-state index contributed by atoms with van der Waals surface area (Å²) in [6, 6.07) is 11.2. The predicted molar refractivity (Wildman–Crippen MR) is 113 cm³/mol. The Balaban J connectivity index is 1.85. The van der Waals surface area contributed by atoms with Gasteiger partial charge in [0.15, 0.2) is 28.8 Å². The zero-order valence-corrected chi connectivity index (χ0v) is 17.1. The van der Waals surface area contributed by atoms with Crippen molar-refractivity contribution in [2.24, 2.45) is 0 Å². The second kappa shape index (κ2) is 8.89. The van der Waals surface area contributed by atoms with Crippen LogP contribution in [-0.4, -0.2) is 40.0 Å². The fourth-order valence-electron chi connectivity index (χ4n) is 2.90. The molecule has 0 spiro atoms. The Hall–Kier alpha value is -2.86. The molecule has 0 N–H and O–H groups in total. The molecule has 0 bridgehead atoms. The minimum atomic E-state index is 0.0366. The van der Waals surface area contributed by atoms with E-state index in [-0.39, 0.29) is 5.78 Å². The molecule has 1 aliphatic heterocycles. The van der Waals surface area contributed by atoms with E-state index in [0.29, 0.717) is 33.7 Å². The van der Waals surface area contributed by atoms with Crippen molar-refractivity contribution in [1.29, 1.82) is 0 Å². The molecule has 0 atom stereocenters. The maximum absolute atomic E-state index is 12.8. The Morgan fingerprint density at radius 2 is 1.25 bits per heavy atom.